The summed E-state index contributed by atoms with van der Waals surface area (Å²) in [5, 5.41) is 0. The number of aromatic nitrogens is 2. The van der Waals surface area contributed by atoms with Crippen LogP contribution >= 0.6 is 0 Å². The zero-order valence-corrected chi connectivity index (χ0v) is 16.7. The van der Waals surface area contributed by atoms with E-state index >= 15 is 0 Å². The van der Waals surface area contributed by atoms with E-state index in [1.165, 1.54) is 0 Å². The van der Waals surface area contributed by atoms with E-state index in [-0.39, 0.29) is 0 Å². The molecule has 146 valence electrons. The lowest BCUT2D eigenvalue weighted by Crippen LogP contribution is -2.10. The summed E-state index contributed by atoms with van der Waals surface area (Å²) < 4.78 is 13.4. The van der Waals surface area contributed by atoms with Gasteiger partial charge in [0.15, 0.2) is 0 Å². The molecule has 3 aromatic carbocycles. The van der Waals surface area contributed by atoms with Crippen molar-refractivity contribution in [3.05, 3.63) is 89.7 Å². The Morgan fingerprint density at radius 3 is 2.45 bits per heavy atom. The Bertz CT molecular complexity index is 1130. The van der Waals surface area contributed by atoms with Crippen molar-refractivity contribution in [2.45, 2.75) is 13.5 Å². The van der Waals surface area contributed by atoms with Gasteiger partial charge in [-0.15, -0.1) is 0 Å². The summed E-state index contributed by atoms with van der Waals surface area (Å²) >= 11 is 0. The molecule has 0 amide bonds. The van der Waals surface area contributed by atoms with E-state index in [9.17, 15) is 0 Å². The first-order chi connectivity index (χ1) is 14.2. The van der Waals surface area contributed by atoms with Crippen molar-refractivity contribution in [1.82, 2.24) is 9.55 Å². The fourth-order valence-corrected chi connectivity index (χ4v) is 3.31. The summed E-state index contributed by atoms with van der Waals surface area (Å²) in [4.78, 5) is 4.80. The van der Waals surface area contributed by atoms with Gasteiger partial charge in [0.05, 0.1) is 24.7 Å². The van der Waals surface area contributed by atoms with Crippen LogP contribution in [0.5, 0.6) is 11.5 Å². The van der Waals surface area contributed by atoms with Crippen molar-refractivity contribution in [2.24, 2.45) is 0 Å². The minimum absolute atomic E-state index is 0.578. The van der Waals surface area contributed by atoms with Gasteiger partial charge in [0.1, 0.15) is 23.9 Å². The number of fused-ring (bicyclic) bond motifs is 1. The lowest BCUT2D eigenvalue weighted by molar-refractivity contribution is 0.298. The Morgan fingerprint density at radius 2 is 1.66 bits per heavy atom. The highest BCUT2D eigenvalue weighted by atomic mass is 16.5. The number of aryl methyl sites for hydroxylation is 1. The third-order valence-electron chi connectivity index (χ3n) is 4.89. The van der Waals surface area contributed by atoms with E-state index in [0.29, 0.717) is 6.61 Å². The summed E-state index contributed by atoms with van der Waals surface area (Å²) in [7, 11) is 1.67. The third kappa shape index (κ3) is 4.32. The molecule has 29 heavy (non-hydrogen) atoms. The molecule has 0 saturated carbocycles. The predicted octanol–water partition coefficient (Wildman–Crippen LogP) is 5.60. The van der Waals surface area contributed by atoms with Crippen LogP contribution in [0.3, 0.4) is 0 Å². The van der Waals surface area contributed by atoms with Crippen molar-refractivity contribution in [1.29, 1.82) is 0 Å². The molecule has 4 heteroatoms. The number of benzene rings is 3. The smallest absolute Gasteiger partial charge is 0.133 e. The molecule has 0 atom stereocenters. The van der Waals surface area contributed by atoms with Crippen LogP contribution in [0.15, 0.2) is 72.8 Å². The first-order valence-electron chi connectivity index (χ1n) is 9.70. The Morgan fingerprint density at radius 1 is 0.897 bits per heavy atom. The van der Waals surface area contributed by atoms with Crippen LogP contribution in [0, 0.1) is 6.92 Å². The molecule has 0 aliphatic rings. The van der Waals surface area contributed by atoms with E-state index in [0.717, 1.165) is 46.0 Å². The van der Waals surface area contributed by atoms with Gasteiger partial charge in [-0.25, -0.2) is 4.98 Å². The Balaban J connectivity index is 1.56. The second-order valence-electron chi connectivity index (χ2n) is 6.83. The largest absolute Gasteiger partial charge is 0.497 e. The van der Waals surface area contributed by atoms with Gasteiger partial charge < -0.3 is 14.0 Å². The predicted molar refractivity (Wildman–Crippen MR) is 118 cm³/mol. The van der Waals surface area contributed by atoms with E-state index in [1.54, 1.807) is 7.11 Å². The molecular weight excluding hydrogens is 360 g/mol. The van der Waals surface area contributed by atoms with E-state index in [1.807, 2.05) is 60.7 Å². The molecule has 0 spiro atoms. The molecule has 1 aromatic heterocycles. The van der Waals surface area contributed by atoms with E-state index in [2.05, 4.69) is 35.8 Å². The number of ether oxygens (including phenoxy) is 2. The third-order valence-corrected chi connectivity index (χ3v) is 4.89. The zero-order chi connectivity index (χ0) is 20.1. The average molecular weight is 384 g/mol. The highest BCUT2D eigenvalue weighted by Crippen LogP contribution is 2.20. The fraction of sp³-hybridized carbons (Fsp3) is 0.160. The summed E-state index contributed by atoms with van der Waals surface area (Å²) in [5.74, 6) is 2.69. The SMILES string of the molecule is COc1ccc(/C=C/c2nc3ccccc3n2CCOc2ccccc2C)cc1. The monoisotopic (exact) mass is 384 g/mol. The van der Waals surface area contributed by atoms with E-state index < -0.39 is 0 Å². The van der Waals surface area contributed by atoms with Crippen molar-refractivity contribution >= 4 is 23.2 Å². The van der Waals surface area contributed by atoms with Crippen LogP contribution in [0.4, 0.5) is 0 Å². The molecule has 0 N–H and O–H groups in total. The molecule has 0 unspecified atom stereocenters. The van der Waals surface area contributed by atoms with Gasteiger partial charge in [-0.05, 0) is 54.5 Å². The molecule has 0 saturated heterocycles. The number of methoxy groups -OCH3 is 1. The number of para-hydroxylation sites is 3. The van der Waals surface area contributed by atoms with Crippen molar-refractivity contribution in [3.63, 3.8) is 0 Å². The van der Waals surface area contributed by atoms with Crippen LogP contribution in [-0.2, 0) is 6.54 Å². The van der Waals surface area contributed by atoms with Gasteiger partial charge in [-0.3, -0.25) is 0 Å². The molecular formula is C25H24N2O2. The maximum atomic E-state index is 6.02. The van der Waals surface area contributed by atoms with Crippen molar-refractivity contribution < 1.29 is 9.47 Å². The lowest BCUT2D eigenvalue weighted by atomic mass is 10.2. The Labute approximate surface area is 171 Å². The first-order valence-corrected chi connectivity index (χ1v) is 9.70. The van der Waals surface area contributed by atoms with E-state index in [4.69, 9.17) is 14.5 Å². The van der Waals surface area contributed by atoms with Gasteiger partial charge in [0.25, 0.3) is 0 Å². The fourth-order valence-electron chi connectivity index (χ4n) is 3.31. The average Bonchev–Trinajstić information content (AvgIpc) is 3.11. The lowest BCUT2D eigenvalue weighted by Gasteiger charge is -2.11. The molecule has 0 radical (unpaired) electrons. The van der Waals surface area contributed by atoms with Crippen LogP contribution in [0.2, 0.25) is 0 Å². The number of rotatable bonds is 7. The summed E-state index contributed by atoms with van der Waals surface area (Å²) in [6.45, 7) is 3.36. The topological polar surface area (TPSA) is 36.3 Å². The zero-order valence-electron chi connectivity index (χ0n) is 16.7. The number of nitrogens with zero attached hydrogens (tertiary/aromatic N) is 2. The van der Waals surface area contributed by atoms with Crippen molar-refractivity contribution in [2.75, 3.05) is 13.7 Å². The summed E-state index contributed by atoms with van der Waals surface area (Å²) in [6.07, 6.45) is 4.12. The van der Waals surface area contributed by atoms with Crippen LogP contribution in [0.1, 0.15) is 17.0 Å². The molecule has 4 rings (SSSR count). The van der Waals surface area contributed by atoms with Crippen molar-refractivity contribution in [3.8, 4) is 11.5 Å². The standard InChI is InChI=1S/C25H24N2O2/c1-19-7-3-6-10-24(19)29-18-17-27-23-9-5-4-8-22(23)26-25(27)16-13-20-11-14-21(28-2)15-12-20/h3-16H,17-18H2,1-2H3/b16-13+. The highest BCUT2D eigenvalue weighted by molar-refractivity contribution is 5.79. The number of imidazole rings is 1. The Kier molecular flexibility index (Phi) is 5.61. The normalized spacial score (nSPS) is 11.2. The first kappa shape index (κ1) is 18.8. The second kappa shape index (κ2) is 8.65. The summed E-state index contributed by atoms with van der Waals surface area (Å²) in [5.41, 5.74) is 4.33. The highest BCUT2D eigenvalue weighted by Gasteiger charge is 2.08. The maximum Gasteiger partial charge on any atom is 0.133 e. The quantitative estimate of drug-likeness (QED) is 0.416. The minimum Gasteiger partial charge on any atom is -0.497 e. The molecule has 0 aliphatic carbocycles. The second-order valence-corrected chi connectivity index (χ2v) is 6.83. The molecule has 4 aromatic rings. The maximum absolute atomic E-state index is 6.02. The number of hydrogen-bond donors (Lipinski definition) is 0. The van der Waals surface area contributed by atoms with Gasteiger partial charge >= 0.3 is 0 Å². The Hall–Kier alpha value is -3.53. The van der Waals surface area contributed by atoms with Gasteiger partial charge in [-0.1, -0.05) is 48.5 Å². The molecule has 0 aliphatic heterocycles. The molecule has 0 fully saturated rings. The van der Waals surface area contributed by atoms with Crippen LogP contribution < -0.4 is 9.47 Å². The van der Waals surface area contributed by atoms with Gasteiger partial charge in [0, 0.05) is 0 Å². The van der Waals surface area contributed by atoms with Crippen LogP contribution in [0.25, 0.3) is 23.2 Å². The molecule has 0 bridgehead atoms. The summed E-state index contributed by atoms with van der Waals surface area (Å²) in [6, 6.07) is 24.3. The minimum atomic E-state index is 0.578. The van der Waals surface area contributed by atoms with Gasteiger partial charge in [0.2, 0.25) is 0 Å². The van der Waals surface area contributed by atoms with Gasteiger partial charge in [-0.2, -0.15) is 0 Å². The molecule has 1 heterocycles. The molecule has 4 nitrogen and oxygen atoms in total. The number of hydrogen-bond acceptors (Lipinski definition) is 3. The van der Waals surface area contributed by atoms with Crippen LogP contribution in [-0.4, -0.2) is 23.3 Å².